The zero-order valence-corrected chi connectivity index (χ0v) is 15.0. The summed E-state index contributed by atoms with van der Waals surface area (Å²) < 4.78 is 21.1. The van der Waals surface area contributed by atoms with Crippen LogP contribution in [0.2, 0.25) is 0 Å². The van der Waals surface area contributed by atoms with Crippen LogP contribution in [0.4, 0.5) is 10.1 Å². The molecule has 2 rings (SSSR count). The number of fused-ring (bicyclic) bond motifs is 1. The second-order valence-corrected chi connectivity index (χ2v) is 5.86. The van der Waals surface area contributed by atoms with Crippen LogP contribution in [0.1, 0.15) is 31.1 Å². The lowest BCUT2D eigenvalue weighted by Gasteiger charge is -2.15. The molecule has 24 heavy (non-hydrogen) atoms. The van der Waals surface area contributed by atoms with E-state index in [9.17, 15) is 18.8 Å². The molecule has 8 heteroatoms. The fourth-order valence-corrected chi connectivity index (χ4v) is 2.81. The van der Waals surface area contributed by atoms with Crippen LogP contribution in [-0.4, -0.2) is 23.1 Å². The van der Waals surface area contributed by atoms with Crippen molar-refractivity contribution in [3.63, 3.8) is 0 Å². The number of rotatable bonds is 4. The molecule has 0 unspecified atom stereocenters. The molecule has 1 heterocycles. The molecule has 0 saturated heterocycles. The van der Waals surface area contributed by atoms with Crippen molar-refractivity contribution < 1.29 is 18.7 Å². The summed E-state index contributed by atoms with van der Waals surface area (Å²) in [6, 6.07) is 1.44. The molecule has 0 radical (unpaired) electrons. The zero-order chi connectivity index (χ0) is 18.0. The Bertz CT molecular complexity index is 892. The Balaban J connectivity index is 2.96. The lowest BCUT2D eigenvalue weighted by atomic mass is 10.1. The smallest absolute Gasteiger partial charge is 0.343 e. The first-order valence-corrected chi connectivity index (χ1v) is 8.10. The molecular weight excluding hydrogens is 383 g/mol. The summed E-state index contributed by atoms with van der Waals surface area (Å²) in [7, 11) is 0. The maximum atomic E-state index is 14.5. The number of halogens is 2. The fraction of sp³-hybridized carbons (Fsp3) is 0.312. The first-order valence-electron chi connectivity index (χ1n) is 7.31. The van der Waals surface area contributed by atoms with Crippen molar-refractivity contribution in [1.29, 1.82) is 0 Å². The molecule has 1 aromatic carbocycles. The van der Waals surface area contributed by atoms with Crippen LogP contribution in [0.25, 0.3) is 10.9 Å². The average molecular weight is 399 g/mol. The van der Waals surface area contributed by atoms with E-state index in [4.69, 9.17) is 4.74 Å². The first kappa shape index (κ1) is 18.1. The minimum absolute atomic E-state index is 0.0710. The van der Waals surface area contributed by atoms with Crippen molar-refractivity contribution >= 4 is 44.4 Å². The molecule has 1 N–H and O–H groups in total. The lowest BCUT2D eigenvalue weighted by Crippen LogP contribution is -2.23. The molecule has 0 aliphatic heterocycles. The molecule has 0 atom stereocenters. The average Bonchev–Trinajstić information content (AvgIpc) is 2.51. The van der Waals surface area contributed by atoms with Crippen LogP contribution in [0.5, 0.6) is 0 Å². The summed E-state index contributed by atoms with van der Waals surface area (Å²) in [4.78, 5) is 36.2. The van der Waals surface area contributed by atoms with E-state index < -0.39 is 23.1 Å². The second kappa shape index (κ2) is 7.12. The number of hydrogen-bond donors (Lipinski definition) is 1. The number of carbonyl (C=O) groups excluding carboxylic acids is 2. The van der Waals surface area contributed by atoms with Gasteiger partial charge in [-0.25, -0.2) is 9.18 Å². The van der Waals surface area contributed by atoms with Gasteiger partial charge in [0, 0.05) is 19.7 Å². The summed E-state index contributed by atoms with van der Waals surface area (Å²) in [6.45, 7) is 5.18. The molecule has 0 aliphatic carbocycles. The molecule has 1 aromatic heterocycles. The molecular formula is C16H16BrFN2O4. The Kier molecular flexibility index (Phi) is 5.38. The molecule has 2 aromatic rings. The van der Waals surface area contributed by atoms with Crippen LogP contribution < -0.4 is 10.7 Å². The number of nitrogens with zero attached hydrogens (tertiary/aromatic N) is 1. The quantitative estimate of drug-likeness (QED) is 0.802. The van der Waals surface area contributed by atoms with Gasteiger partial charge in [0.2, 0.25) is 11.3 Å². The van der Waals surface area contributed by atoms with Gasteiger partial charge in [0.25, 0.3) is 0 Å². The molecule has 128 valence electrons. The second-order valence-electron chi connectivity index (χ2n) is 5.00. The Morgan fingerprint density at radius 1 is 1.38 bits per heavy atom. The van der Waals surface area contributed by atoms with E-state index in [-0.39, 0.29) is 27.7 Å². The summed E-state index contributed by atoms with van der Waals surface area (Å²) in [5.74, 6) is -2.10. The molecule has 0 saturated carbocycles. The van der Waals surface area contributed by atoms with E-state index in [1.807, 2.05) is 6.92 Å². The van der Waals surface area contributed by atoms with Crippen LogP contribution in [0, 0.1) is 5.82 Å². The highest BCUT2D eigenvalue weighted by molar-refractivity contribution is 9.10. The molecule has 0 aliphatic rings. The molecule has 0 spiro atoms. The normalized spacial score (nSPS) is 10.7. The first-order chi connectivity index (χ1) is 11.3. The van der Waals surface area contributed by atoms with Gasteiger partial charge < -0.3 is 14.6 Å². The molecule has 0 bridgehead atoms. The van der Waals surface area contributed by atoms with Crippen molar-refractivity contribution in [1.82, 2.24) is 4.57 Å². The number of hydrogen-bond acceptors (Lipinski definition) is 4. The van der Waals surface area contributed by atoms with Gasteiger partial charge in [0.15, 0.2) is 5.82 Å². The van der Waals surface area contributed by atoms with Gasteiger partial charge >= 0.3 is 5.97 Å². The van der Waals surface area contributed by atoms with E-state index in [1.54, 1.807) is 11.5 Å². The Labute approximate surface area is 145 Å². The van der Waals surface area contributed by atoms with Crippen LogP contribution in [0.15, 0.2) is 21.5 Å². The van der Waals surface area contributed by atoms with Crippen molar-refractivity contribution in [2.24, 2.45) is 0 Å². The number of esters is 1. The maximum absolute atomic E-state index is 14.5. The number of nitrogens with one attached hydrogen (secondary N) is 1. The van der Waals surface area contributed by atoms with Crippen molar-refractivity contribution in [2.45, 2.75) is 27.3 Å². The van der Waals surface area contributed by atoms with Gasteiger partial charge in [-0.05, 0) is 35.8 Å². The number of amides is 1. The van der Waals surface area contributed by atoms with Gasteiger partial charge in [0.05, 0.1) is 27.7 Å². The van der Waals surface area contributed by atoms with Gasteiger partial charge in [-0.3, -0.25) is 9.59 Å². The topological polar surface area (TPSA) is 77.4 Å². The van der Waals surface area contributed by atoms with Crippen molar-refractivity contribution in [3.8, 4) is 0 Å². The van der Waals surface area contributed by atoms with Crippen molar-refractivity contribution in [3.05, 3.63) is 38.3 Å². The predicted molar refractivity (Wildman–Crippen MR) is 91.8 cm³/mol. The number of pyridine rings is 1. The van der Waals surface area contributed by atoms with Crippen LogP contribution in [0.3, 0.4) is 0 Å². The van der Waals surface area contributed by atoms with Gasteiger partial charge in [-0.15, -0.1) is 0 Å². The monoisotopic (exact) mass is 398 g/mol. The molecule has 1 amide bonds. The van der Waals surface area contributed by atoms with Crippen LogP contribution >= 0.6 is 15.9 Å². The SMILES string of the molecule is CCOC(=O)c1cn(CC)c2cc(Br)c(F)c(NC(C)=O)c2c1=O. The van der Waals surface area contributed by atoms with E-state index in [0.29, 0.717) is 12.1 Å². The lowest BCUT2D eigenvalue weighted by molar-refractivity contribution is -0.114. The van der Waals surface area contributed by atoms with Gasteiger partial charge in [-0.2, -0.15) is 0 Å². The van der Waals surface area contributed by atoms with Gasteiger partial charge in [-0.1, -0.05) is 0 Å². The zero-order valence-electron chi connectivity index (χ0n) is 13.4. The highest BCUT2D eigenvalue weighted by Crippen LogP contribution is 2.31. The third kappa shape index (κ3) is 3.19. The number of benzene rings is 1. The highest BCUT2D eigenvalue weighted by Gasteiger charge is 2.22. The third-order valence-corrected chi connectivity index (χ3v) is 3.98. The van der Waals surface area contributed by atoms with Gasteiger partial charge in [0.1, 0.15) is 5.56 Å². The Morgan fingerprint density at radius 3 is 2.58 bits per heavy atom. The standard InChI is InChI=1S/C16H16BrFN2O4/c1-4-20-7-9(16(23)24-5-2)15(22)12-11(20)6-10(17)13(18)14(12)19-8(3)21/h6-7H,4-5H2,1-3H3,(H,19,21). The molecule has 0 fully saturated rings. The summed E-state index contributed by atoms with van der Waals surface area (Å²) >= 11 is 3.08. The summed E-state index contributed by atoms with van der Waals surface area (Å²) in [5, 5.41) is 2.27. The van der Waals surface area contributed by atoms with E-state index in [0.717, 1.165) is 0 Å². The molecule has 6 nitrogen and oxygen atoms in total. The summed E-state index contributed by atoms with van der Waals surface area (Å²) in [5.41, 5.74) is -0.763. The Morgan fingerprint density at radius 2 is 2.04 bits per heavy atom. The third-order valence-electron chi connectivity index (χ3n) is 3.40. The largest absolute Gasteiger partial charge is 0.462 e. The predicted octanol–water partition coefficient (Wildman–Crippen LogP) is 3.06. The van der Waals surface area contributed by atoms with E-state index in [1.165, 1.54) is 19.2 Å². The van der Waals surface area contributed by atoms with Crippen LogP contribution in [-0.2, 0) is 16.1 Å². The maximum Gasteiger partial charge on any atom is 0.343 e. The Hall–Kier alpha value is -2.22. The number of aryl methyl sites for hydroxylation is 1. The number of carbonyl (C=O) groups is 2. The number of anilines is 1. The van der Waals surface area contributed by atoms with E-state index >= 15 is 0 Å². The number of aromatic nitrogens is 1. The number of ether oxygens (including phenoxy) is 1. The highest BCUT2D eigenvalue weighted by atomic mass is 79.9. The van der Waals surface area contributed by atoms with E-state index in [2.05, 4.69) is 21.2 Å². The van der Waals surface area contributed by atoms with Crippen molar-refractivity contribution in [2.75, 3.05) is 11.9 Å². The summed E-state index contributed by atoms with van der Waals surface area (Å²) in [6.07, 6.45) is 1.38. The minimum atomic E-state index is -0.788. The fourth-order valence-electron chi connectivity index (χ4n) is 2.40. The minimum Gasteiger partial charge on any atom is -0.462 e.